The van der Waals surface area contributed by atoms with Crippen LogP contribution in [-0.2, 0) is 11.3 Å². The summed E-state index contributed by atoms with van der Waals surface area (Å²) in [6.07, 6.45) is 2.53. The van der Waals surface area contributed by atoms with E-state index in [0.29, 0.717) is 18.8 Å². The number of hydrogen-bond donors (Lipinski definition) is 1. The molecule has 0 radical (unpaired) electrons. The Bertz CT molecular complexity index is 479. The third-order valence-corrected chi connectivity index (χ3v) is 4.19. The molecule has 0 saturated carbocycles. The van der Waals surface area contributed by atoms with Gasteiger partial charge in [0.05, 0.1) is 19.8 Å². The minimum atomic E-state index is -0.156. The van der Waals surface area contributed by atoms with Gasteiger partial charge in [0, 0.05) is 32.2 Å². The summed E-state index contributed by atoms with van der Waals surface area (Å²) in [5, 5.41) is 6.78. The van der Waals surface area contributed by atoms with Gasteiger partial charge in [-0.15, -0.1) is 0 Å². The second kappa shape index (κ2) is 7.71. The molecule has 0 spiro atoms. The quantitative estimate of drug-likeness (QED) is 0.817. The van der Waals surface area contributed by atoms with Gasteiger partial charge in [-0.25, -0.2) is 0 Å². The van der Waals surface area contributed by atoms with Crippen LogP contribution in [0.3, 0.4) is 0 Å². The van der Waals surface area contributed by atoms with E-state index in [2.05, 4.69) is 20.3 Å². The number of carbonyl (C=O) groups excluding carboxylic acids is 1. The molecule has 2 aliphatic rings. The van der Waals surface area contributed by atoms with Crippen LogP contribution in [0.15, 0.2) is 10.6 Å². The Labute approximate surface area is 130 Å². The lowest BCUT2D eigenvalue weighted by molar-refractivity contribution is 0.0305. The zero-order valence-corrected chi connectivity index (χ0v) is 12.9. The number of nitrogens with one attached hydrogen (secondary N) is 1. The number of aromatic nitrogens is 1. The van der Waals surface area contributed by atoms with Crippen molar-refractivity contribution in [2.24, 2.45) is 0 Å². The molecule has 0 unspecified atom stereocenters. The highest BCUT2D eigenvalue weighted by Crippen LogP contribution is 2.09. The van der Waals surface area contributed by atoms with Crippen LogP contribution < -0.4 is 5.32 Å². The molecule has 2 fully saturated rings. The SMILES string of the molecule is O=C(NCCN1CCCC1)c1cc(CN2CCOCC2)on1. The number of carbonyl (C=O) groups is 1. The molecule has 7 heteroatoms. The standard InChI is InChI=1S/C15H24N4O3/c20-15(16-3-6-18-4-1-2-5-18)14-11-13(22-17-14)12-19-7-9-21-10-8-19/h11H,1-10,12H2,(H,16,20). The average Bonchev–Trinajstić information content (AvgIpc) is 3.20. The third-order valence-electron chi connectivity index (χ3n) is 4.19. The number of likely N-dealkylation sites (tertiary alicyclic amines) is 1. The Balaban J connectivity index is 1.42. The summed E-state index contributed by atoms with van der Waals surface area (Å²) in [5.74, 6) is 0.572. The number of nitrogens with zero attached hydrogens (tertiary/aromatic N) is 3. The fourth-order valence-corrected chi connectivity index (χ4v) is 2.90. The minimum absolute atomic E-state index is 0.156. The van der Waals surface area contributed by atoms with E-state index in [9.17, 15) is 4.79 Å². The van der Waals surface area contributed by atoms with Crippen LogP contribution >= 0.6 is 0 Å². The number of amides is 1. The van der Waals surface area contributed by atoms with Crippen LogP contribution in [0.1, 0.15) is 29.1 Å². The molecule has 122 valence electrons. The van der Waals surface area contributed by atoms with Gasteiger partial charge in [0.1, 0.15) is 0 Å². The van der Waals surface area contributed by atoms with Crippen molar-refractivity contribution in [3.05, 3.63) is 17.5 Å². The Morgan fingerprint density at radius 2 is 1.95 bits per heavy atom. The summed E-state index contributed by atoms with van der Waals surface area (Å²) in [4.78, 5) is 16.6. The van der Waals surface area contributed by atoms with Gasteiger partial charge in [0.2, 0.25) is 0 Å². The van der Waals surface area contributed by atoms with E-state index in [1.807, 2.05) is 0 Å². The van der Waals surface area contributed by atoms with Crippen molar-refractivity contribution >= 4 is 5.91 Å². The van der Waals surface area contributed by atoms with Crippen molar-refractivity contribution in [2.75, 3.05) is 52.5 Å². The fourth-order valence-electron chi connectivity index (χ4n) is 2.90. The molecule has 1 aromatic heterocycles. The van der Waals surface area contributed by atoms with Crippen LogP contribution in [0.25, 0.3) is 0 Å². The van der Waals surface area contributed by atoms with Crippen LogP contribution in [0.4, 0.5) is 0 Å². The zero-order valence-electron chi connectivity index (χ0n) is 12.9. The minimum Gasteiger partial charge on any atom is -0.379 e. The maximum absolute atomic E-state index is 12.0. The molecule has 2 aliphatic heterocycles. The highest BCUT2D eigenvalue weighted by Gasteiger charge is 2.17. The fraction of sp³-hybridized carbons (Fsp3) is 0.733. The summed E-state index contributed by atoms with van der Waals surface area (Å²) in [6, 6.07) is 1.74. The van der Waals surface area contributed by atoms with Crippen LogP contribution in [0.2, 0.25) is 0 Å². The number of rotatable bonds is 6. The normalized spacial score (nSPS) is 20.4. The van der Waals surface area contributed by atoms with Gasteiger partial charge >= 0.3 is 0 Å². The van der Waals surface area contributed by atoms with E-state index in [1.54, 1.807) is 6.07 Å². The first-order valence-corrected chi connectivity index (χ1v) is 8.07. The molecule has 1 aromatic rings. The maximum atomic E-state index is 12.0. The van der Waals surface area contributed by atoms with Crippen molar-refractivity contribution in [1.82, 2.24) is 20.3 Å². The van der Waals surface area contributed by atoms with Gasteiger partial charge in [-0.05, 0) is 25.9 Å². The molecule has 22 heavy (non-hydrogen) atoms. The van der Waals surface area contributed by atoms with Crippen molar-refractivity contribution in [3.63, 3.8) is 0 Å². The number of hydrogen-bond acceptors (Lipinski definition) is 6. The Hall–Kier alpha value is -1.44. The zero-order chi connectivity index (χ0) is 15.2. The van der Waals surface area contributed by atoms with Crippen molar-refractivity contribution in [1.29, 1.82) is 0 Å². The number of ether oxygens (including phenoxy) is 1. The van der Waals surface area contributed by atoms with E-state index >= 15 is 0 Å². The van der Waals surface area contributed by atoms with Crippen molar-refractivity contribution in [3.8, 4) is 0 Å². The second-order valence-corrected chi connectivity index (χ2v) is 5.87. The molecule has 7 nitrogen and oxygen atoms in total. The van der Waals surface area contributed by atoms with Gasteiger partial charge in [-0.2, -0.15) is 0 Å². The summed E-state index contributed by atoms with van der Waals surface area (Å²) in [5.41, 5.74) is 0.365. The Morgan fingerprint density at radius 3 is 2.73 bits per heavy atom. The van der Waals surface area contributed by atoms with Gasteiger partial charge in [-0.3, -0.25) is 9.69 Å². The lowest BCUT2D eigenvalue weighted by Crippen LogP contribution is -2.35. The van der Waals surface area contributed by atoms with E-state index in [-0.39, 0.29) is 5.91 Å². The summed E-state index contributed by atoms with van der Waals surface area (Å²) >= 11 is 0. The van der Waals surface area contributed by atoms with E-state index in [1.165, 1.54) is 12.8 Å². The predicted molar refractivity (Wildman–Crippen MR) is 80.6 cm³/mol. The topological polar surface area (TPSA) is 70.8 Å². The van der Waals surface area contributed by atoms with Crippen LogP contribution in [0, 0.1) is 0 Å². The summed E-state index contributed by atoms with van der Waals surface area (Å²) < 4.78 is 10.6. The molecule has 0 atom stereocenters. The van der Waals surface area contributed by atoms with Gasteiger partial charge in [-0.1, -0.05) is 5.16 Å². The maximum Gasteiger partial charge on any atom is 0.273 e. The van der Waals surface area contributed by atoms with Gasteiger partial charge in [0.15, 0.2) is 11.5 Å². The van der Waals surface area contributed by atoms with E-state index in [4.69, 9.17) is 9.26 Å². The molecule has 0 bridgehead atoms. The molecule has 0 aromatic carbocycles. The lowest BCUT2D eigenvalue weighted by atomic mass is 10.3. The molecular formula is C15H24N4O3. The molecular weight excluding hydrogens is 284 g/mol. The van der Waals surface area contributed by atoms with Gasteiger partial charge < -0.3 is 19.5 Å². The molecule has 3 rings (SSSR count). The molecule has 0 aliphatic carbocycles. The average molecular weight is 308 g/mol. The van der Waals surface area contributed by atoms with Crippen molar-refractivity contribution in [2.45, 2.75) is 19.4 Å². The number of morpholine rings is 1. The van der Waals surface area contributed by atoms with Crippen molar-refractivity contribution < 1.29 is 14.1 Å². The smallest absolute Gasteiger partial charge is 0.273 e. The molecule has 2 saturated heterocycles. The van der Waals surface area contributed by atoms with Crippen LogP contribution in [-0.4, -0.2) is 73.3 Å². The first kappa shape index (κ1) is 15.5. The first-order chi connectivity index (χ1) is 10.8. The highest BCUT2D eigenvalue weighted by molar-refractivity contribution is 5.92. The second-order valence-electron chi connectivity index (χ2n) is 5.87. The predicted octanol–water partition coefficient (Wildman–Crippen LogP) is 0.332. The van der Waals surface area contributed by atoms with E-state index in [0.717, 1.165) is 51.7 Å². The Kier molecular flexibility index (Phi) is 5.42. The largest absolute Gasteiger partial charge is 0.379 e. The third kappa shape index (κ3) is 4.28. The Morgan fingerprint density at radius 1 is 1.18 bits per heavy atom. The highest BCUT2D eigenvalue weighted by atomic mass is 16.5. The monoisotopic (exact) mass is 308 g/mol. The first-order valence-electron chi connectivity index (χ1n) is 8.07. The van der Waals surface area contributed by atoms with E-state index < -0.39 is 0 Å². The lowest BCUT2D eigenvalue weighted by Gasteiger charge is -2.25. The molecule has 3 heterocycles. The van der Waals surface area contributed by atoms with Gasteiger partial charge in [0.25, 0.3) is 5.91 Å². The summed E-state index contributed by atoms with van der Waals surface area (Å²) in [7, 11) is 0. The summed E-state index contributed by atoms with van der Waals surface area (Å²) in [6.45, 7) is 7.80. The molecule has 1 N–H and O–H groups in total. The molecule has 1 amide bonds. The van der Waals surface area contributed by atoms with Crippen LogP contribution in [0.5, 0.6) is 0 Å².